The lowest BCUT2D eigenvalue weighted by Crippen LogP contribution is -2.25. The number of anilines is 1. The third-order valence-corrected chi connectivity index (χ3v) is 6.81. The summed E-state index contributed by atoms with van der Waals surface area (Å²) in [6.45, 7) is 10.7. The average molecular weight is 596 g/mol. The third-order valence-electron chi connectivity index (χ3n) is 5.91. The normalized spacial score (nSPS) is 10.8. The predicted octanol–water partition coefficient (Wildman–Crippen LogP) is 5.47. The maximum absolute atomic E-state index is 13.8. The molecule has 222 valence electrons. The Bertz CT molecular complexity index is 1600. The van der Waals surface area contributed by atoms with E-state index in [0.29, 0.717) is 55.1 Å². The van der Waals surface area contributed by atoms with E-state index in [0.717, 1.165) is 16.0 Å². The number of carbonyl (C=O) groups excluding carboxylic acids is 2. The number of hydrogen-bond donors (Lipinski definition) is 1. The third kappa shape index (κ3) is 6.33. The Morgan fingerprint density at radius 3 is 2.05 bits per heavy atom. The summed E-state index contributed by atoms with van der Waals surface area (Å²) >= 11 is 1.10. The van der Waals surface area contributed by atoms with E-state index in [1.807, 2.05) is 27.7 Å². The smallest absolute Gasteiger partial charge is 0.359 e. The second-order valence-corrected chi connectivity index (χ2v) is 9.50. The van der Waals surface area contributed by atoms with Crippen LogP contribution in [0.25, 0.3) is 16.5 Å². The average Bonchev–Trinajstić information content (AvgIpc) is 3.40. The SMILES string of the molecule is CCOC(=O)c1nn(-c2ccc(OCC)cc2)c(=O)c2c(NC(=O)c3cc(OCC)c(OCC)c(OCC)c3)scc12. The van der Waals surface area contributed by atoms with Crippen molar-refractivity contribution < 1.29 is 33.3 Å². The van der Waals surface area contributed by atoms with Gasteiger partial charge in [0.2, 0.25) is 5.75 Å². The number of hydrogen-bond acceptors (Lipinski definition) is 10. The highest BCUT2D eigenvalue weighted by molar-refractivity contribution is 7.16. The summed E-state index contributed by atoms with van der Waals surface area (Å²) in [6, 6.07) is 9.85. The maximum Gasteiger partial charge on any atom is 0.359 e. The fraction of sp³-hybridized carbons (Fsp3) is 0.333. The molecule has 0 spiro atoms. The molecule has 4 aromatic rings. The number of carbonyl (C=O) groups is 2. The van der Waals surface area contributed by atoms with Gasteiger partial charge in [0.15, 0.2) is 17.2 Å². The van der Waals surface area contributed by atoms with Gasteiger partial charge in [-0.25, -0.2) is 4.79 Å². The van der Waals surface area contributed by atoms with Crippen molar-refractivity contribution in [3.8, 4) is 28.7 Å². The van der Waals surface area contributed by atoms with Crippen LogP contribution in [0.15, 0.2) is 46.6 Å². The van der Waals surface area contributed by atoms with E-state index < -0.39 is 17.4 Å². The lowest BCUT2D eigenvalue weighted by Gasteiger charge is -2.17. The van der Waals surface area contributed by atoms with Crippen molar-refractivity contribution >= 4 is 39.0 Å². The van der Waals surface area contributed by atoms with Gasteiger partial charge in [-0.3, -0.25) is 9.59 Å². The number of nitrogens with zero attached hydrogens (tertiary/aromatic N) is 2. The van der Waals surface area contributed by atoms with Crippen LogP contribution in [0.1, 0.15) is 55.5 Å². The van der Waals surface area contributed by atoms with E-state index in [-0.39, 0.29) is 33.6 Å². The van der Waals surface area contributed by atoms with E-state index in [9.17, 15) is 14.4 Å². The van der Waals surface area contributed by atoms with Crippen LogP contribution in [0.2, 0.25) is 0 Å². The highest BCUT2D eigenvalue weighted by atomic mass is 32.1. The summed E-state index contributed by atoms with van der Waals surface area (Å²) < 4.78 is 29.1. The Labute approximate surface area is 246 Å². The van der Waals surface area contributed by atoms with Crippen LogP contribution < -0.4 is 29.8 Å². The molecule has 0 radical (unpaired) electrons. The first-order valence-corrected chi connectivity index (χ1v) is 14.6. The molecule has 2 heterocycles. The van der Waals surface area contributed by atoms with Crippen LogP contribution in [0.5, 0.6) is 23.0 Å². The van der Waals surface area contributed by atoms with Crippen molar-refractivity contribution in [2.45, 2.75) is 34.6 Å². The van der Waals surface area contributed by atoms with Crippen molar-refractivity contribution in [1.82, 2.24) is 9.78 Å². The summed E-state index contributed by atoms with van der Waals surface area (Å²) in [5.41, 5.74) is 0.0814. The fourth-order valence-electron chi connectivity index (χ4n) is 4.21. The molecule has 11 nitrogen and oxygen atoms in total. The van der Waals surface area contributed by atoms with Gasteiger partial charge >= 0.3 is 5.97 Å². The minimum atomic E-state index is -0.688. The Kier molecular flexibility index (Phi) is 10.0. The molecule has 0 bridgehead atoms. The van der Waals surface area contributed by atoms with E-state index in [1.165, 1.54) is 0 Å². The predicted molar refractivity (Wildman–Crippen MR) is 160 cm³/mol. The van der Waals surface area contributed by atoms with Crippen molar-refractivity contribution in [3.63, 3.8) is 0 Å². The molecule has 0 atom stereocenters. The van der Waals surface area contributed by atoms with Crippen LogP contribution in [0.3, 0.4) is 0 Å². The first-order valence-electron chi connectivity index (χ1n) is 13.7. The molecule has 2 aromatic heterocycles. The van der Waals surface area contributed by atoms with Gasteiger partial charge in [-0.2, -0.15) is 9.78 Å². The molecule has 2 aromatic carbocycles. The first-order chi connectivity index (χ1) is 20.4. The van der Waals surface area contributed by atoms with E-state index in [4.69, 9.17) is 23.7 Å². The number of esters is 1. The van der Waals surface area contributed by atoms with Crippen LogP contribution >= 0.6 is 11.3 Å². The summed E-state index contributed by atoms with van der Waals surface area (Å²) in [6.07, 6.45) is 0. The number of fused-ring (bicyclic) bond motifs is 1. The molecule has 0 aliphatic rings. The van der Waals surface area contributed by atoms with Gasteiger partial charge in [0.1, 0.15) is 10.8 Å². The number of ether oxygens (including phenoxy) is 5. The lowest BCUT2D eigenvalue weighted by molar-refractivity contribution is 0.0519. The molecule has 0 unspecified atom stereocenters. The Hall–Kier alpha value is -4.58. The molecule has 0 aliphatic heterocycles. The molecule has 1 amide bonds. The molecule has 4 rings (SSSR count). The summed E-state index contributed by atoms with van der Waals surface area (Å²) in [4.78, 5) is 40.2. The zero-order chi connectivity index (χ0) is 30.2. The fourth-order valence-corrected chi connectivity index (χ4v) is 5.14. The first kappa shape index (κ1) is 30.4. The molecular formula is C30H33N3O8S. The van der Waals surface area contributed by atoms with Gasteiger partial charge in [0, 0.05) is 16.3 Å². The molecule has 12 heteroatoms. The molecule has 0 saturated heterocycles. The minimum Gasteiger partial charge on any atom is -0.494 e. The van der Waals surface area contributed by atoms with Gasteiger partial charge in [-0.05, 0) is 71.0 Å². The molecular weight excluding hydrogens is 562 g/mol. The number of amides is 1. The number of rotatable bonds is 13. The maximum atomic E-state index is 13.8. The highest BCUT2D eigenvalue weighted by Gasteiger charge is 2.25. The number of thiophene rings is 1. The second-order valence-electron chi connectivity index (χ2n) is 8.62. The van der Waals surface area contributed by atoms with E-state index in [2.05, 4.69) is 10.4 Å². The molecule has 1 N–H and O–H groups in total. The molecule has 0 fully saturated rings. The Morgan fingerprint density at radius 1 is 0.857 bits per heavy atom. The topological polar surface area (TPSA) is 127 Å². The Morgan fingerprint density at radius 2 is 1.48 bits per heavy atom. The second kappa shape index (κ2) is 13.9. The van der Waals surface area contributed by atoms with Gasteiger partial charge in [-0.15, -0.1) is 11.3 Å². The molecule has 0 saturated carbocycles. The number of nitrogens with one attached hydrogen (secondary N) is 1. The Balaban J connectivity index is 1.82. The van der Waals surface area contributed by atoms with Crippen molar-refractivity contribution in [2.75, 3.05) is 38.4 Å². The monoisotopic (exact) mass is 595 g/mol. The van der Waals surface area contributed by atoms with E-state index in [1.54, 1.807) is 48.7 Å². The summed E-state index contributed by atoms with van der Waals surface area (Å²) in [5.74, 6) is 0.550. The number of aromatic nitrogens is 2. The van der Waals surface area contributed by atoms with Crippen LogP contribution in [0.4, 0.5) is 5.00 Å². The van der Waals surface area contributed by atoms with Crippen LogP contribution in [-0.2, 0) is 4.74 Å². The quantitative estimate of drug-likeness (QED) is 0.200. The largest absolute Gasteiger partial charge is 0.494 e. The highest BCUT2D eigenvalue weighted by Crippen LogP contribution is 2.40. The van der Waals surface area contributed by atoms with Crippen molar-refractivity contribution in [1.29, 1.82) is 0 Å². The number of benzene rings is 2. The molecule has 0 aliphatic carbocycles. The summed E-state index contributed by atoms with van der Waals surface area (Å²) in [7, 11) is 0. The van der Waals surface area contributed by atoms with Crippen LogP contribution in [0, 0.1) is 0 Å². The van der Waals surface area contributed by atoms with Crippen LogP contribution in [-0.4, -0.2) is 54.7 Å². The zero-order valence-electron chi connectivity index (χ0n) is 24.1. The van der Waals surface area contributed by atoms with Gasteiger partial charge in [0.05, 0.1) is 44.1 Å². The van der Waals surface area contributed by atoms with E-state index >= 15 is 0 Å². The lowest BCUT2D eigenvalue weighted by atomic mass is 10.1. The standard InChI is InChI=1S/C30H33N3O8S/c1-6-37-20-13-11-19(12-14-20)33-29(35)24-21(25(32-33)30(36)41-10-5)17-42-28(24)31-27(34)18-15-22(38-7-2)26(40-9-4)23(16-18)39-8-3/h11-17H,6-10H2,1-5H3,(H,31,34). The summed E-state index contributed by atoms with van der Waals surface area (Å²) in [5, 5.41) is 9.42. The van der Waals surface area contributed by atoms with Gasteiger partial charge in [-0.1, -0.05) is 0 Å². The van der Waals surface area contributed by atoms with Crippen molar-refractivity contribution in [2.24, 2.45) is 0 Å². The van der Waals surface area contributed by atoms with Gasteiger partial charge in [0.25, 0.3) is 11.5 Å². The minimum absolute atomic E-state index is 0.0459. The molecule has 42 heavy (non-hydrogen) atoms. The van der Waals surface area contributed by atoms with Crippen molar-refractivity contribution in [3.05, 3.63) is 63.4 Å². The van der Waals surface area contributed by atoms with Gasteiger partial charge < -0.3 is 29.0 Å². The zero-order valence-corrected chi connectivity index (χ0v) is 25.0.